The maximum atomic E-state index is 12.6. The molecule has 2 aromatic heterocycles. The lowest BCUT2D eigenvalue weighted by molar-refractivity contribution is 0.395. The third-order valence-corrected chi connectivity index (χ3v) is 3.96. The SMILES string of the molecule is Nc1ncnc2c1c(I)nn2[C@@H]1CN[C@@H](CF)C1. The highest BCUT2D eigenvalue weighted by Gasteiger charge is 2.28. The van der Waals surface area contributed by atoms with Crippen molar-refractivity contribution in [2.24, 2.45) is 0 Å². The summed E-state index contributed by atoms with van der Waals surface area (Å²) in [5.74, 6) is 0.434. The number of nitrogens with zero attached hydrogens (tertiary/aromatic N) is 4. The second-order valence-corrected chi connectivity index (χ2v) is 5.36. The van der Waals surface area contributed by atoms with Gasteiger partial charge in [-0.05, 0) is 29.0 Å². The number of fused-ring (bicyclic) bond motifs is 1. The van der Waals surface area contributed by atoms with Gasteiger partial charge in [0.15, 0.2) is 5.65 Å². The molecule has 0 amide bonds. The van der Waals surface area contributed by atoms with Gasteiger partial charge in [-0.1, -0.05) is 0 Å². The Morgan fingerprint density at radius 1 is 1.56 bits per heavy atom. The number of nitrogens with one attached hydrogen (secondary N) is 1. The summed E-state index contributed by atoms with van der Waals surface area (Å²) >= 11 is 2.12. The van der Waals surface area contributed by atoms with E-state index in [0.717, 1.165) is 14.7 Å². The van der Waals surface area contributed by atoms with Crippen molar-refractivity contribution in [2.75, 3.05) is 19.0 Å². The molecule has 3 N–H and O–H groups in total. The summed E-state index contributed by atoms with van der Waals surface area (Å²) in [6.45, 7) is 0.343. The van der Waals surface area contributed by atoms with Crippen molar-refractivity contribution < 1.29 is 4.39 Å². The molecular weight excluding hydrogens is 350 g/mol. The Labute approximate surface area is 116 Å². The lowest BCUT2D eigenvalue weighted by Gasteiger charge is -2.09. The summed E-state index contributed by atoms with van der Waals surface area (Å²) in [5.41, 5.74) is 6.56. The molecule has 0 aliphatic carbocycles. The van der Waals surface area contributed by atoms with Gasteiger partial charge in [0.2, 0.25) is 0 Å². The zero-order valence-corrected chi connectivity index (χ0v) is 11.6. The quantitative estimate of drug-likeness (QED) is 0.776. The van der Waals surface area contributed by atoms with Crippen LogP contribution in [0.1, 0.15) is 12.5 Å². The average Bonchev–Trinajstić information content (AvgIpc) is 2.94. The van der Waals surface area contributed by atoms with Crippen LogP contribution < -0.4 is 11.1 Å². The summed E-state index contributed by atoms with van der Waals surface area (Å²) < 4.78 is 15.2. The fourth-order valence-corrected chi connectivity index (χ4v) is 3.06. The Hall–Kier alpha value is -1.03. The van der Waals surface area contributed by atoms with Crippen molar-refractivity contribution in [2.45, 2.75) is 18.5 Å². The summed E-state index contributed by atoms with van der Waals surface area (Å²) in [6, 6.07) is 0.0251. The van der Waals surface area contributed by atoms with Crippen molar-refractivity contribution in [3.63, 3.8) is 0 Å². The number of anilines is 1. The van der Waals surface area contributed by atoms with Crippen LogP contribution in [-0.4, -0.2) is 39.0 Å². The number of halogens is 2. The Morgan fingerprint density at radius 2 is 2.39 bits per heavy atom. The number of hydrogen-bond donors (Lipinski definition) is 2. The number of aromatic nitrogens is 4. The largest absolute Gasteiger partial charge is 0.383 e. The third kappa shape index (κ3) is 1.83. The van der Waals surface area contributed by atoms with E-state index in [-0.39, 0.29) is 18.8 Å². The predicted octanol–water partition coefficient (Wildman–Crippen LogP) is 0.886. The van der Waals surface area contributed by atoms with Crippen LogP contribution in [0.3, 0.4) is 0 Å². The minimum absolute atomic E-state index is 0.0916. The fraction of sp³-hybridized carbons (Fsp3) is 0.500. The molecule has 8 heteroatoms. The van der Waals surface area contributed by atoms with E-state index < -0.39 is 0 Å². The molecule has 1 aliphatic heterocycles. The van der Waals surface area contributed by atoms with E-state index in [1.54, 1.807) is 0 Å². The van der Waals surface area contributed by atoms with Crippen molar-refractivity contribution in [3.8, 4) is 0 Å². The van der Waals surface area contributed by atoms with Gasteiger partial charge in [-0.15, -0.1) is 0 Å². The summed E-state index contributed by atoms with van der Waals surface area (Å²) in [6.07, 6.45) is 2.15. The lowest BCUT2D eigenvalue weighted by atomic mass is 10.2. The molecule has 3 rings (SSSR count). The van der Waals surface area contributed by atoms with E-state index in [1.807, 2.05) is 4.68 Å². The monoisotopic (exact) mass is 362 g/mol. The maximum absolute atomic E-state index is 12.6. The third-order valence-electron chi connectivity index (χ3n) is 3.21. The van der Waals surface area contributed by atoms with E-state index in [0.29, 0.717) is 18.8 Å². The van der Waals surface area contributed by atoms with E-state index in [4.69, 9.17) is 5.73 Å². The van der Waals surface area contributed by atoms with E-state index in [9.17, 15) is 4.39 Å². The first-order chi connectivity index (χ1) is 8.70. The van der Waals surface area contributed by atoms with Gasteiger partial charge >= 0.3 is 0 Å². The van der Waals surface area contributed by atoms with Gasteiger partial charge in [0, 0.05) is 12.6 Å². The summed E-state index contributed by atoms with van der Waals surface area (Å²) in [5, 5.41) is 8.37. The van der Waals surface area contributed by atoms with Crippen molar-refractivity contribution in [1.82, 2.24) is 25.1 Å². The minimum Gasteiger partial charge on any atom is -0.383 e. The van der Waals surface area contributed by atoms with E-state index in [2.05, 4.69) is 43.0 Å². The van der Waals surface area contributed by atoms with Gasteiger partial charge in [0.05, 0.1) is 11.4 Å². The molecule has 6 nitrogen and oxygen atoms in total. The van der Waals surface area contributed by atoms with Gasteiger partial charge in [0.1, 0.15) is 22.5 Å². The smallest absolute Gasteiger partial charge is 0.164 e. The Morgan fingerprint density at radius 3 is 3.11 bits per heavy atom. The van der Waals surface area contributed by atoms with Crippen molar-refractivity contribution in [3.05, 3.63) is 10.0 Å². The molecule has 3 heterocycles. The Kier molecular flexibility index (Phi) is 3.06. The van der Waals surface area contributed by atoms with Gasteiger partial charge in [0.25, 0.3) is 0 Å². The van der Waals surface area contributed by atoms with E-state index >= 15 is 0 Å². The van der Waals surface area contributed by atoms with Crippen LogP contribution in [0.4, 0.5) is 10.2 Å². The van der Waals surface area contributed by atoms with Crippen molar-refractivity contribution >= 4 is 39.4 Å². The number of nitrogen functional groups attached to an aromatic ring is 1. The van der Waals surface area contributed by atoms with Crippen LogP contribution in [0.25, 0.3) is 11.0 Å². The first-order valence-electron chi connectivity index (χ1n) is 5.64. The molecule has 1 saturated heterocycles. The van der Waals surface area contributed by atoms with Gasteiger partial charge < -0.3 is 11.1 Å². The van der Waals surface area contributed by atoms with Crippen LogP contribution >= 0.6 is 22.6 Å². The van der Waals surface area contributed by atoms with Gasteiger partial charge in [-0.3, -0.25) is 0 Å². The molecule has 1 aliphatic rings. The summed E-state index contributed by atoms with van der Waals surface area (Å²) in [7, 11) is 0. The number of nitrogens with two attached hydrogens (primary N) is 1. The van der Waals surface area contributed by atoms with Crippen LogP contribution in [0.2, 0.25) is 0 Å². The van der Waals surface area contributed by atoms with Crippen LogP contribution in [0.5, 0.6) is 0 Å². The molecule has 2 atom stereocenters. The normalized spacial score (nSPS) is 23.9. The van der Waals surface area contributed by atoms with Crippen molar-refractivity contribution in [1.29, 1.82) is 0 Å². The fourth-order valence-electron chi connectivity index (χ4n) is 2.31. The number of hydrogen-bond acceptors (Lipinski definition) is 5. The molecule has 0 saturated carbocycles. The summed E-state index contributed by atoms with van der Waals surface area (Å²) in [4.78, 5) is 8.21. The number of rotatable bonds is 2. The first-order valence-corrected chi connectivity index (χ1v) is 6.72. The standard InChI is InChI=1S/C10H12FIN6/c11-2-5-1-6(3-14-5)18-10-7(8(12)17-18)9(13)15-4-16-10/h4-6,14H,1-3H2,(H2,13,15,16)/t5-,6+/m1/s1. The molecule has 96 valence electrons. The molecule has 0 bridgehead atoms. The lowest BCUT2D eigenvalue weighted by Crippen LogP contribution is -2.23. The second-order valence-electron chi connectivity index (χ2n) is 4.34. The molecule has 0 unspecified atom stereocenters. The zero-order valence-electron chi connectivity index (χ0n) is 9.48. The second kappa shape index (κ2) is 4.57. The highest BCUT2D eigenvalue weighted by atomic mass is 127. The van der Waals surface area contributed by atoms with Crippen LogP contribution in [0.15, 0.2) is 6.33 Å². The Bertz CT molecular complexity index is 585. The molecule has 0 radical (unpaired) electrons. The molecule has 2 aromatic rings. The molecule has 1 fully saturated rings. The van der Waals surface area contributed by atoms with Crippen LogP contribution in [-0.2, 0) is 0 Å². The maximum Gasteiger partial charge on any atom is 0.164 e. The first kappa shape index (κ1) is 12.0. The van der Waals surface area contributed by atoms with Gasteiger partial charge in [-0.25, -0.2) is 19.0 Å². The zero-order chi connectivity index (χ0) is 12.7. The molecule has 0 aromatic carbocycles. The Balaban J connectivity index is 2.06. The molecular formula is C10H12FIN6. The van der Waals surface area contributed by atoms with Gasteiger partial charge in [-0.2, -0.15) is 5.10 Å². The molecule has 0 spiro atoms. The predicted molar refractivity (Wildman–Crippen MR) is 73.9 cm³/mol. The van der Waals surface area contributed by atoms with Crippen LogP contribution in [0, 0.1) is 3.70 Å². The van der Waals surface area contributed by atoms with E-state index in [1.165, 1.54) is 6.33 Å². The highest BCUT2D eigenvalue weighted by molar-refractivity contribution is 14.1. The molecule has 18 heavy (non-hydrogen) atoms. The average molecular weight is 362 g/mol. The number of alkyl halides is 1. The minimum atomic E-state index is -0.357. The topological polar surface area (TPSA) is 81.7 Å². The highest BCUT2D eigenvalue weighted by Crippen LogP contribution is 2.28.